The summed E-state index contributed by atoms with van der Waals surface area (Å²) < 4.78 is 5.37. The lowest BCUT2D eigenvalue weighted by Crippen LogP contribution is -2.38. The summed E-state index contributed by atoms with van der Waals surface area (Å²) in [4.78, 5) is 21.7. The van der Waals surface area contributed by atoms with E-state index in [1.807, 2.05) is 23.5 Å². The van der Waals surface area contributed by atoms with Crippen molar-refractivity contribution in [1.82, 2.24) is 10.6 Å². The van der Waals surface area contributed by atoms with Gasteiger partial charge in [0.15, 0.2) is 6.61 Å². The normalized spacial score (nSPS) is 9.95. The molecule has 6 heteroatoms. The van der Waals surface area contributed by atoms with Gasteiger partial charge in [0.1, 0.15) is 5.75 Å². The Balaban J connectivity index is 2.52. The number of benzene rings is 1. The van der Waals surface area contributed by atoms with Crippen LogP contribution in [0, 0.1) is 0 Å². The molecule has 1 aromatic carbocycles. The van der Waals surface area contributed by atoms with Crippen molar-refractivity contribution >= 4 is 11.9 Å². The van der Waals surface area contributed by atoms with Crippen LogP contribution in [0.15, 0.2) is 24.3 Å². The molecule has 0 bridgehead atoms. The van der Waals surface area contributed by atoms with Gasteiger partial charge in [0.25, 0.3) is 5.91 Å². The molecule has 0 atom stereocenters. The number of nitrogens with one attached hydrogen (secondary N) is 2. The molecule has 0 aliphatic heterocycles. The van der Waals surface area contributed by atoms with E-state index in [0.29, 0.717) is 12.3 Å². The number of para-hydroxylation sites is 1. The standard InChI is InChI=1S/C13H19N3O3/c1-2-7-15-8-10-5-3-4-6-11(10)19-9-12(17)16-13(14)18/h3-6,15H,2,7-9H2,1H3,(H3,14,16,17,18). The van der Waals surface area contributed by atoms with Crippen LogP contribution in [0.1, 0.15) is 18.9 Å². The van der Waals surface area contributed by atoms with Gasteiger partial charge in [0.05, 0.1) is 0 Å². The van der Waals surface area contributed by atoms with Gasteiger partial charge < -0.3 is 15.8 Å². The minimum Gasteiger partial charge on any atom is -0.483 e. The molecule has 0 aliphatic carbocycles. The molecule has 0 saturated heterocycles. The quantitative estimate of drug-likeness (QED) is 0.634. The number of primary amides is 1. The van der Waals surface area contributed by atoms with Crippen molar-refractivity contribution in [3.63, 3.8) is 0 Å². The summed E-state index contributed by atoms with van der Waals surface area (Å²) in [6.07, 6.45) is 1.05. The van der Waals surface area contributed by atoms with E-state index in [-0.39, 0.29) is 6.61 Å². The van der Waals surface area contributed by atoms with Gasteiger partial charge >= 0.3 is 6.03 Å². The Hall–Kier alpha value is -2.08. The maximum absolute atomic E-state index is 11.2. The third kappa shape index (κ3) is 5.87. The number of hydrogen-bond donors (Lipinski definition) is 3. The van der Waals surface area contributed by atoms with Crippen molar-refractivity contribution in [2.75, 3.05) is 13.2 Å². The highest BCUT2D eigenvalue weighted by Gasteiger charge is 2.07. The molecule has 0 spiro atoms. The van der Waals surface area contributed by atoms with Gasteiger partial charge in [0, 0.05) is 12.1 Å². The molecule has 6 nitrogen and oxygen atoms in total. The van der Waals surface area contributed by atoms with Gasteiger partial charge in [-0.15, -0.1) is 0 Å². The van der Waals surface area contributed by atoms with Gasteiger partial charge in [-0.2, -0.15) is 0 Å². The van der Waals surface area contributed by atoms with E-state index >= 15 is 0 Å². The number of hydrogen-bond acceptors (Lipinski definition) is 4. The number of amides is 3. The van der Waals surface area contributed by atoms with Crippen molar-refractivity contribution in [3.05, 3.63) is 29.8 Å². The summed E-state index contributed by atoms with van der Waals surface area (Å²) in [7, 11) is 0. The number of urea groups is 1. The fraction of sp³-hybridized carbons (Fsp3) is 0.385. The summed E-state index contributed by atoms with van der Waals surface area (Å²) in [6.45, 7) is 3.43. The zero-order valence-corrected chi connectivity index (χ0v) is 10.9. The van der Waals surface area contributed by atoms with Gasteiger partial charge in [-0.3, -0.25) is 10.1 Å². The summed E-state index contributed by atoms with van der Waals surface area (Å²) in [5.74, 6) is 0.0505. The van der Waals surface area contributed by atoms with Gasteiger partial charge in [-0.1, -0.05) is 25.1 Å². The van der Waals surface area contributed by atoms with Gasteiger partial charge in [-0.25, -0.2) is 4.79 Å². The summed E-state index contributed by atoms with van der Waals surface area (Å²) >= 11 is 0. The van der Waals surface area contributed by atoms with Crippen LogP contribution in [0.3, 0.4) is 0 Å². The number of nitrogens with two attached hydrogens (primary N) is 1. The molecule has 3 amide bonds. The molecule has 19 heavy (non-hydrogen) atoms. The van der Waals surface area contributed by atoms with Crippen LogP contribution in [0.2, 0.25) is 0 Å². The zero-order valence-electron chi connectivity index (χ0n) is 10.9. The first-order valence-electron chi connectivity index (χ1n) is 6.14. The van der Waals surface area contributed by atoms with E-state index in [1.165, 1.54) is 0 Å². The molecule has 1 aromatic rings. The number of carbonyl (C=O) groups is 2. The van der Waals surface area contributed by atoms with Crippen LogP contribution in [0.25, 0.3) is 0 Å². The van der Waals surface area contributed by atoms with Crippen LogP contribution in [0.4, 0.5) is 4.79 Å². The lowest BCUT2D eigenvalue weighted by Gasteiger charge is -2.11. The van der Waals surface area contributed by atoms with Crippen molar-refractivity contribution in [1.29, 1.82) is 0 Å². The van der Waals surface area contributed by atoms with Gasteiger partial charge in [0.2, 0.25) is 0 Å². The van der Waals surface area contributed by atoms with E-state index in [2.05, 4.69) is 12.2 Å². The molecule has 0 saturated carbocycles. The SMILES string of the molecule is CCCNCc1ccccc1OCC(=O)NC(N)=O. The lowest BCUT2D eigenvalue weighted by atomic mass is 10.2. The summed E-state index contributed by atoms with van der Waals surface area (Å²) in [6, 6.07) is 6.54. The number of imide groups is 1. The molecule has 104 valence electrons. The smallest absolute Gasteiger partial charge is 0.318 e. The highest BCUT2D eigenvalue weighted by Crippen LogP contribution is 2.17. The maximum Gasteiger partial charge on any atom is 0.318 e. The molecular weight excluding hydrogens is 246 g/mol. The maximum atomic E-state index is 11.2. The third-order valence-corrected chi connectivity index (χ3v) is 2.34. The third-order valence-electron chi connectivity index (χ3n) is 2.34. The highest BCUT2D eigenvalue weighted by atomic mass is 16.5. The monoisotopic (exact) mass is 265 g/mol. The second-order valence-electron chi connectivity index (χ2n) is 3.99. The van der Waals surface area contributed by atoms with Crippen molar-refractivity contribution in [2.45, 2.75) is 19.9 Å². The first-order chi connectivity index (χ1) is 9.13. The molecule has 0 heterocycles. The Bertz CT molecular complexity index is 435. The Kier molecular flexibility index (Phi) is 6.38. The van der Waals surface area contributed by atoms with Gasteiger partial charge in [-0.05, 0) is 19.0 Å². The molecule has 0 aromatic heterocycles. The average Bonchev–Trinajstić information content (AvgIpc) is 2.37. The van der Waals surface area contributed by atoms with E-state index in [9.17, 15) is 9.59 Å². The minimum atomic E-state index is -0.883. The largest absolute Gasteiger partial charge is 0.483 e. The molecule has 4 N–H and O–H groups in total. The first kappa shape index (κ1) is 15.0. The van der Waals surface area contributed by atoms with Crippen LogP contribution < -0.4 is 21.1 Å². The van der Waals surface area contributed by atoms with Crippen molar-refractivity contribution in [2.24, 2.45) is 5.73 Å². The second-order valence-corrected chi connectivity index (χ2v) is 3.99. The van der Waals surface area contributed by atoms with E-state index in [1.54, 1.807) is 6.07 Å². The Morgan fingerprint density at radius 1 is 1.32 bits per heavy atom. The van der Waals surface area contributed by atoms with Crippen molar-refractivity contribution < 1.29 is 14.3 Å². The molecule has 1 rings (SSSR count). The highest BCUT2D eigenvalue weighted by molar-refractivity contribution is 5.94. The summed E-state index contributed by atoms with van der Waals surface area (Å²) in [5.41, 5.74) is 5.80. The van der Waals surface area contributed by atoms with Crippen LogP contribution in [0.5, 0.6) is 5.75 Å². The van der Waals surface area contributed by atoms with E-state index < -0.39 is 11.9 Å². The Morgan fingerprint density at radius 3 is 2.74 bits per heavy atom. The number of ether oxygens (including phenoxy) is 1. The lowest BCUT2D eigenvalue weighted by molar-refractivity contribution is -0.121. The molecular formula is C13H19N3O3. The van der Waals surface area contributed by atoms with E-state index in [4.69, 9.17) is 10.5 Å². The average molecular weight is 265 g/mol. The van der Waals surface area contributed by atoms with Crippen LogP contribution >= 0.6 is 0 Å². The second kappa shape index (κ2) is 8.10. The predicted octanol–water partition coefficient (Wildman–Crippen LogP) is 0.760. The van der Waals surface area contributed by atoms with E-state index in [0.717, 1.165) is 18.5 Å². The fourth-order valence-corrected chi connectivity index (χ4v) is 1.51. The fourth-order valence-electron chi connectivity index (χ4n) is 1.51. The first-order valence-corrected chi connectivity index (χ1v) is 6.14. The Labute approximate surface area is 112 Å². The van der Waals surface area contributed by atoms with Crippen LogP contribution in [-0.4, -0.2) is 25.1 Å². The molecule has 0 aliphatic rings. The summed E-state index contributed by atoms with van der Waals surface area (Å²) in [5, 5.41) is 5.20. The number of rotatable bonds is 7. The topological polar surface area (TPSA) is 93.4 Å². The number of carbonyl (C=O) groups excluding carboxylic acids is 2. The minimum absolute atomic E-state index is 0.242. The predicted molar refractivity (Wildman–Crippen MR) is 71.7 cm³/mol. The molecule has 0 fully saturated rings. The molecule has 0 radical (unpaired) electrons. The molecule has 0 unspecified atom stereocenters. The Morgan fingerprint density at radius 2 is 2.05 bits per heavy atom. The van der Waals surface area contributed by atoms with Crippen molar-refractivity contribution in [3.8, 4) is 5.75 Å². The zero-order chi connectivity index (χ0) is 14.1. The van der Waals surface area contributed by atoms with Crippen LogP contribution in [-0.2, 0) is 11.3 Å².